The van der Waals surface area contributed by atoms with E-state index < -0.39 is 10.0 Å². The number of sulfonamides is 1. The van der Waals surface area contributed by atoms with Gasteiger partial charge in [-0.15, -0.1) is 0 Å². The van der Waals surface area contributed by atoms with Gasteiger partial charge < -0.3 is 4.90 Å². The van der Waals surface area contributed by atoms with Gasteiger partial charge in [-0.2, -0.15) is 4.31 Å². The number of piperazine rings is 1. The normalized spacial score (nSPS) is 21.0. The van der Waals surface area contributed by atoms with E-state index in [1.165, 1.54) is 4.31 Å². The van der Waals surface area contributed by atoms with E-state index in [0.717, 1.165) is 31.2 Å². The second-order valence-electron chi connectivity index (χ2n) is 7.24. The fourth-order valence-corrected chi connectivity index (χ4v) is 4.84. The number of rotatable bonds is 5. The largest absolute Gasteiger partial charge is 0.340 e. The van der Waals surface area contributed by atoms with Gasteiger partial charge in [0.1, 0.15) is 0 Å². The Morgan fingerprint density at radius 1 is 1.12 bits per heavy atom. The van der Waals surface area contributed by atoms with Crippen LogP contribution in [0.15, 0.2) is 29.2 Å². The number of amides is 1. The maximum Gasteiger partial charge on any atom is 0.243 e. The smallest absolute Gasteiger partial charge is 0.243 e. The van der Waals surface area contributed by atoms with Gasteiger partial charge >= 0.3 is 0 Å². The van der Waals surface area contributed by atoms with Crippen molar-refractivity contribution in [3.63, 3.8) is 0 Å². The highest BCUT2D eigenvalue weighted by atomic mass is 32.2. The molecular formula is C19H28N2O3S. The molecule has 25 heavy (non-hydrogen) atoms. The Bertz CT molecular complexity index is 703. The molecular weight excluding hydrogens is 336 g/mol. The predicted molar refractivity (Wildman–Crippen MR) is 97.8 cm³/mol. The van der Waals surface area contributed by atoms with Gasteiger partial charge in [-0.1, -0.05) is 32.4 Å². The summed E-state index contributed by atoms with van der Waals surface area (Å²) in [7, 11) is -3.48. The molecule has 1 aromatic carbocycles. The standard InChI is InChI=1S/C19H28N2O3S/c1-3-15(2)16-7-9-18(10-8-16)25(23,24)21-13-11-20(12-14-21)19(22)17-5-4-6-17/h7-10,15,17H,3-6,11-14H2,1-2H3. The summed E-state index contributed by atoms with van der Waals surface area (Å²) < 4.78 is 27.2. The third-order valence-corrected chi connectivity index (χ3v) is 7.62. The number of carbonyl (C=O) groups excluding carboxylic acids is 1. The molecule has 2 fully saturated rings. The Labute approximate surface area is 151 Å². The molecule has 0 radical (unpaired) electrons. The number of hydrogen-bond acceptors (Lipinski definition) is 3. The molecule has 0 N–H and O–H groups in total. The Hall–Kier alpha value is -1.40. The molecule has 0 spiro atoms. The van der Waals surface area contributed by atoms with Crippen molar-refractivity contribution < 1.29 is 13.2 Å². The number of carbonyl (C=O) groups is 1. The van der Waals surface area contributed by atoms with Crippen molar-refractivity contribution >= 4 is 15.9 Å². The lowest BCUT2D eigenvalue weighted by atomic mass is 9.84. The van der Waals surface area contributed by atoms with E-state index in [1.54, 1.807) is 12.1 Å². The summed E-state index contributed by atoms with van der Waals surface area (Å²) in [4.78, 5) is 14.5. The van der Waals surface area contributed by atoms with Gasteiger partial charge in [-0.05, 0) is 42.9 Å². The maximum atomic E-state index is 12.8. The van der Waals surface area contributed by atoms with Gasteiger partial charge in [-0.25, -0.2) is 8.42 Å². The van der Waals surface area contributed by atoms with Gasteiger partial charge in [0.05, 0.1) is 4.90 Å². The van der Waals surface area contributed by atoms with E-state index in [4.69, 9.17) is 0 Å². The van der Waals surface area contributed by atoms with Crippen molar-refractivity contribution in [2.24, 2.45) is 5.92 Å². The second kappa shape index (κ2) is 7.46. The summed E-state index contributed by atoms with van der Waals surface area (Å²) in [6.45, 7) is 6.03. The first-order valence-corrected chi connectivity index (χ1v) is 10.8. The third-order valence-electron chi connectivity index (χ3n) is 5.70. The molecule has 1 aliphatic heterocycles. The van der Waals surface area contributed by atoms with Crippen LogP contribution in [0.4, 0.5) is 0 Å². The van der Waals surface area contributed by atoms with E-state index in [2.05, 4.69) is 13.8 Å². The Morgan fingerprint density at radius 3 is 2.20 bits per heavy atom. The van der Waals surface area contributed by atoms with Crippen LogP contribution < -0.4 is 0 Å². The van der Waals surface area contributed by atoms with Crippen molar-refractivity contribution in [2.45, 2.75) is 50.3 Å². The van der Waals surface area contributed by atoms with Crippen LogP contribution in [0, 0.1) is 5.92 Å². The lowest BCUT2D eigenvalue weighted by molar-refractivity contribution is -0.139. The molecule has 2 aliphatic rings. The number of hydrogen-bond donors (Lipinski definition) is 0. The molecule has 138 valence electrons. The zero-order valence-corrected chi connectivity index (χ0v) is 16.0. The van der Waals surface area contributed by atoms with Gasteiger partial charge in [0, 0.05) is 32.1 Å². The molecule has 6 heteroatoms. The molecule has 1 amide bonds. The second-order valence-corrected chi connectivity index (χ2v) is 9.17. The lowest BCUT2D eigenvalue weighted by Crippen LogP contribution is -2.52. The maximum absolute atomic E-state index is 12.8. The van der Waals surface area contributed by atoms with E-state index in [0.29, 0.717) is 37.0 Å². The minimum Gasteiger partial charge on any atom is -0.340 e. The lowest BCUT2D eigenvalue weighted by Gasteiger charge is -2.37. The molecule has 1 aliphatic carbocycles. The van der Waals surface area contributed by atoms with Crippen LogP contribution >= 0.6 is 0 Å². The van der Waals surface area contributed by atoms with E-state index in [-0.39, 0.29) is 11.8 Å². The van der Waals surface area contributed by atoms with Crippen LogP contribution in [0.25, 0.3) is 0 Å². The molecule has 3 rings (SSSR count). The molecule has 0 aromatic heterocycles. The number of nitrogens with zero attached hydrogens (tertiary/aromatic N) is 2. The minimum absolute atomic E-state index is 0.177. The Morgan fingerprint density at radius 2 is 1.72 bits per heavy atom. The van der Waals surface area contributed by atoms with Crippen LogP contribution in [0.2, 0.25) is 0 Å². The van der Waals surface area contributed by atoms with Gasteiger partial charge in [0.25, 0.3) is 0 Å². The predicted octanol–water partition coefficient (Wildman–Crippen LogP) is 2.83. The summed E-state index contributed by atoms with van der Waals surface area (Å²) in [6.07, 6.45) is 4.14. The van der Waals surface area contributed by atoms with Gasteiger partial charge in [0.2, 0.25) is 15.9 Å². The van der Waals surface area contributed by atoms with Crippen LogP contribution in [0.3, 0.4) is 0 Å². The zero-order chi connectivity index (χ0) is 18.0. The molecule has 0 bridgehead atoms. The van der Waals surface area contributed by atoms with Crippen molar-refractivity contribution in [3.8, 4) is 0 Å². The summed E-state index contributed by atoms with van der Waals surface area (Å²) in [5.41, 5.74) is 1.16. The van der Waals surface area contributed by atoms with Crippen molar-refractivity contribution in [2.75, 3.05) is 26.2 Å². The molecule has 1 unspecified atom stereocenters. The first-order valence-electron chi connectivity index (χ1n) is 9.32. The van der Waals surface area contributed by atoms with Crippen LogP contribution in [-0.2, 0) is 14.8 Å². The summed E-state index contributed by atoms with van der Waals surface area (Å²) in [6, 6.07) is 7.25. The quantitative estimate of drug-likeness (QED) is 0.807. The van der Waals surface area contributed by atoms with Crippen LogP contribution in [-0.4, -0.2) is 49.7 Å². The summed E-state index contributed by atoms with van der Waals surface area (Å²) in [5.74, 6) is 0.815. The van der Waals surface area contributed by atoms with Crippen molar-refractivity contribution in [3.05, 3.63) is 29.8 Å². The van der Waals surface area contributed by atoms with Crippen LogP contribution in [0.5, 0.6) is 0 Å². The molecule has 5 nitrogen and oxygen atoms in total. The van der Waals surface area contributed by atoms with E-state index in [1.807, 2.05) is 17.0 Å². The highest BCUT2D eigenvalue weighted by Crippen LogP contribution is 2.29. The highest BCUT2D eigenvalue weighted by molar-refractivity contribution is 7.89. The van der Waals surface area contributed by atoms with Gasteiger partial charge in [0.15, 0.2) is 0 Å². The Kier molecular flexibility index (Phi) is 5.49. The minimum atomic E-state index is -3.48. The Balaban J connectivity index is 1.64. The summed E-state index contributed by atoms with van der Waals surface area (Å²) >= 11 is 0. The number of benzene rings is 1. The molecule has 1 atom stereocenters. The van der Waals surface area contributed by atoms with Crippen molar-refractivity contribution in [1.29, 1.82) is 0 Å². The fraction of sp³-hybridized carbons (Fsp3) is 0.632. The SMILES string of the molecule is CCC(C)c1ccc(S(=O)(=O)N2CCN(C(=O)C3CCC3)CC2)cc1. The third kappa shape index (κ3) is 3.75. The zero-order valence-electron chi connectivity index (χ0n) is 15.1. The summed E-state index contributed by atoms with van der Waals surface area (Å²) in [5, 5.41) is 0. The first-order chi connectivity index (χ1) is 11.9. The van der Waals surface area contributed by atoms with Crippen molar-refractivity contribution in [1.82, 2.24) is 9.21 Å². The first kappa shape index (κ1) is 18.4. The molecule has 1 saturated carbocycles. The molecule has 1 heterocycles. The molecule has 1 aromatic rings. The monoisotopic (exact) mass is 364 g/mol. The average molecular weight is 365 g/mol. The highest BCUT2D eigenvalue weighted by Gasteiger charge is 2.34. The van der Waals surface area contributed by atoms with E-state index in [9.17, 15) is 13.2 Å². The topological polar surface area (TPSA) is 57.7 Å². The van der Waals surface area contributed by atoms with E-state index >= 15 is 0 Å². The fourth-order valence-electron chi connectivity index (χ4n) is 3.42. The van der Waals surface area contributed by atoms with Crippen LogP contribution in [0.1, 0.15) is 51.0 Å². The average Bonchev–Trinajstić information content (AvgIpc) is 2.59. The van der Waals surface area contributed by atoms with Gasteiger partial charge in [-0.3, -0.25) is 4.79 Å². The molecule has 1 saturated heterocycles.